The summed E-state index contributed by atoms with van der Waals surface area (Å²) in [6, 6.07) is 11.0. The van der Waals surface area contributed by atoms with Gasteiger partial charge >= 0.3 is 0 Å². The predicted molar refractivity (Wildman–Crippen MR) is 91.0 cm³/mol. The monoisotopic (exact) mass is 349 g/mol. The molecule has 0 atom stereocenters. The number of nitrogen functional groups attached to an aromatic ring is 1. The molecule has 24 heavy (non-hydrogen) atoms. The van der Waals surface area contributed by atoms with Crippen LogP contribution in [-0.4, -0.2) is 28.5 Å². The van der Waals surface area contributed by atoms with Crippen molar-refractivity contribution in [2.75, 3.05) is 14.2 Å². The second-order valence-electron chi connectivity index (χ2n) is 4.95. The van der Waals surface area contributed by atoms with Gasteiger partial charge in [-0.1, -0.05) is 6.07 Å². The zero-order chi connectivity index (χ0) is 17.7. The van der Waals surface area contributed by atoms with Gasteiger partial charge in [-0.2, -0.15) is 0 Å². The molecule has 0 amide bonds. The summed E-state index contributed by atoms with van der Waals surface area (Å²) in [5, 5.41) is 7.32. The molecule has 0 aliphatic rings. The first-order valence-electron chi connectivity index (χ1n) is 7.02. The van der Waals surface area contributed by atoms with E-state index in [2.05, 4.69) is 4.72 Å². The zero-order valence-electron chi connectivity index (χ0n) is 13.4. The number of ether oxygens (including phenoxy) is 2. The summed E-state index contributed by atoms with van der Waals surface area (Å²) >= 11 is 0. The van der Waals surface area contributed by atoms with E-state index in [-0.39, 0.29) is 17.3 Å². The number of sulfonamides is 1. The van der Waals surface area contributed by atoms with Crippen LogP contribution in [0.2, 0.25) is 0 Å². The minimum atomic E-state index is -3.67. The average Bonchev–Trinajstić information content (AvgIpc) is 2.59. The maximum Gasteiger partial charge on any atom is 0.240 e. The lowest BCUT2D eigenvalue weighted by Crippen LogP contribution is -2.23. The van der Waals surface area contributed by atoms with Gasteiger partial charge in [0.05, 0.1) is 19.1 Å². The fourth-order valence-electron chi connectivity index (χ4n) is 2.07. The van der Waals surface area contributed by atoms with Crippen molar-refractivity contribution in [3.63, 3.8) is 0 Å². The van der Waals surface area contributed by atoms with Crippen LogP contribution in [0.1, 0.15) is 11.1 Å². The molecule has 0 saturated heterocycles. The first-order chi connectivity index (χ1) is 11.4. The molecule has 0 unspecified atom stereocenters. The fourth-order valence-corrected chi connectivity index (χ4v) is 3.08. The van der Waals surface area contributed by atoms with Crippen molar-refractivity contribution >= 4 is 15.9 Å². The molecule has 8 heteroatoms. The number of methoxy groups -OCH3 is 2. The summed E-state index contributed by atoms with van der Waals surface area (Å²) in [5.74, 6) is 0.987. The Labute approximate surface area is 141 Å². The van der Waals surface area contributed by atoms with E-state index in [1.54, 1.807) is 18.2 Å². The lowest BCUT2D eigenvalue weighted by molar-refractivity contribution is 0.354. The molecule has 0 radical (unpaired) electrons. The highest BCUT2D eigenvalue weighted by molar-refractivity contribution is 7.89. The Hall–Kier alpha value is -2.58. The van der Waals surface area contributed by atoms with Gasteiger partial charge in [-0.05, 0) is 42.0 Å². The van der Waals surface area contributed by atoms with E-state index >= 15 is 0 Å². The van der Waals surface area contributed by atoms with E-state index in [9.17, 15) is 8.42 Å². The van der Waals surface area contributed by atoms with Gasteiger partial charge in [0, 0.05) is 12.1 Å². The molecular formula is C16H19N3O4S. The van der Waals surface area contributed by atoms with E-state index in [0.29, 0.717) is 17.1 Å². The van der Waals surface area contributed by atoms with E-state index in [0.717, 1.165) is 5.56 Å². The molecule has 2 rings (SSSR count). The third kappa shape index (κ3) is 4.03. The smallest absolute Gasteiger partial charge is 0.240 e. The molecule has 2 aromatic rings. The Balaban J connectivity index is 2.14. The lowest BCUT2D eigenvalue weighted by Gasteiger charge is -2.11. The van der Waals surface area contributed by atoms with Gasteiger partial charge in [-0.15, -0.1) is 0 Å². The molecule has 0 bridgehead atoms. The summed E-state index contributed by atoms with van der Waals surface area (Å²) in [6.07, 6.45) is 0. The quantitative estimate of drug-likeness (QED) is 0.517. The molecule has 2 aromatic carbocycles. The number of amidine groups is 1. The maximum atomic E-state index is 12.3. The lowest BCUT2D eigenvalue weighted by atomic mass is 10.2. The van der Waals surface area contributed by atoms with Crippen molar-refractivity contribution in [3.8, 4) is 11.5 Å². The van der Waals surface area contributed by atoms with Gasteiger partial charge in [0.1, 0.15) is 5.84 Å². The number of hydrogen-bond donors (Lipinski definition) is 3. The number of hydrogen-bond acceptors (Lipinski definition) is 5. The Morgan fingerprint density at radius 2 is 1.71 bits per heavy atom. The number of nitrogens with one attached hydrogen (secondary N) is 2. The summed E-state index contributed by atoms with van der Waals surface area (Å²) in [7, 11) is -0.621. The molecule has 0 aliphatic carbocycles. The predicted octanol–water partition coefficient (Wildman–Crippen LogP) is 1.47. The third-order valence-electron chi connectivity index (χ3n) is 3.39. The highest BCUT2D eigenvalue weighted by atomic mass is 32.2. The summed E-state index contributed by atoms with van der Waals surface area (Å²) < 4.78 is 37.5. The zero-order valence-corrected chi connectivity index (χ0v) is 14.2. The molecule has 0 aliphatic heterocycles. The van der Waals surface area contributed by atoms with E-state index in [1.807, 2.05) is 0 Å². The van der Waals surface area contributed by atoms with E-state index in [1.165, 1.54) is 38.5 Å². The van der Waals surface area contributed by atoms with Crippen LogP contribution in [0.25, 0.3) is 0 Å². The fraction of sp³-hybridized carbons (Fsp3) is 0.188. The van der Waals surface area contributed by atoms with Gasteiger partial charge in [0.15, 0.2) is 11.5 Å². The van der Waals surface area contributed by atoms with Crippen LogP contribution in [0.5, 0.6) is 11.5 Å². The van der Waals surface area contributed by atoms with Crippen LogP contribution in [0.3, 0.4) is 0 Å². The Morgan fingerprint density at radius 1 is 1.08 bits per heavy atom. The second-order valence-corrected chi connectivity index (χ2v) is 6.72. The van der Waals surface area contributed by atoms with Crippen LogP contribution < -0.4 is 19.9 Å². The van der Waals surface area contributed by atoms with Gasteiger partial charge in [-0.25, -0.2) is 13.1 Å². The third-order valence-corrected chi connectivity index (χ3v) is 4.81. The Kier molecular flexibility index (Phi) is 5.42. The van der Waals surface area contributed by atoms with Gasteiger partial charge < -0.3 is 15.2 Å². The maximum absolute atomic E-state index is 12.3. The average molecular weight is 349 g/mol. The van der Waals surface area contributed by atoms with Gasteiger partial charge in [0.2, 0.25) is 10.0 Å². The van der Waals surface area contributed by atoms with Gasteiger partial charge in [-0.3, -0.25) is 5.41 Å². The van der Waals surface area contributed by atoms with Crippen molar-refractivity contribution in [1.29, 1.82) is 5.41 Å². The number of benzene rings is 2. The van der Waals surface area contributed by atoms with E-state index < -0.39 is 10.0 Å². The molecule has 0 heterocycles. The summed E-state index contributed by atoms with van der Waals surface area (Å²) in [6.45, 7) is 0.108. The van der Waals surface area contributed by atoms with Crippen molar-refractivity contribution < 1.29 is 17.9 Å². The molecule has 0 saturated carbocycles. The normalized spacial score (nSPS) is 11.1. The molecular weight excluding hydrogens is 330 g/mol. The van der Waals surface area contributed by atoms with Crippen LogP contribution in [0, 0.1) is 5.41 Å². The molecule has 7 nitrogen and oxygen atoms in total. The summed E-state index contributed by atoms with van der Waals surface area (Å²) in [4.78, 5) is 0.105. The van der Waals surface area contributed by atoms with Crippen LogP contribution >= 0.6 is 0 Å². The number of nitrogens with two attached hydrogens (primary N) is 1. The molecule has 0 fully saturated rings. The van der Waals surface area contributed by atoms with Crippen molar-refractivity contribution in [2.45, 2.75) is 11.4 Å². The Bertz CT molecular complexity index is 833. The molecule has 0 aromatic heterocycles. The highest BCUT2D eigenvalue weighted by Crippen LogP contribution is 2.27. The molecule has 4 N–H and O–H groups in total. The summed E-state index contributed by atoms with van der Waals surface area (Å²) in [5.41, 5.74) is 6.55. The van der Waals surface area contributed by atoms with E-state index in [4.69, 9.17) is 20.6 Å². The first-order valence-corrected chi connectivity index (χ1v) is 8.50. The highest BCUT2D eigenvalue weighted by Gasteiger charge is 2.14. The number of rotatable bonds is 7. The topological polar surface area (TPSA) is 114 Å². The van der Waals surface area contributed by atoms with Crippen molar-refractivity contribution in [2.24, 2.45) is 5.73 Å². The minimum Gasteiger partial charge on any atom is -0.493 e. The van der Waals surface area contributed by atoms with Crippen LogP contribution in [0.15, 0.2) is 47.4 Å². The van der Waals surface area contributed by atoms with Crippen LogP contribution in [0.4, 0.5) is 0 Å². The largest absolute Gasteiger partial charge is 0.493 e. The van der Waals surface area contributed by atoms with Crippen LogP contribution in [-0.2, 0) is 16.6 Å². The van der Waals surface area contributed by atoms with Gasteiger partial charge in [0.25, 0.3) is 0 Å². The van der Waals surface area contributed by atoms with Crippen molar-refractivity contribution in [3.05, 3.63) is 53.6 Å². The molecule has 128 valence electrons. The molecule has 0 spiro atoms. The van der Waals surface area contributed by atoms with Crippen molar-refractivity contribution in [1.82, 2.24) is 4.72 Å². The minimum absolute atomic E-state index is 0.105. The first kappa shape index (κ1) is 17.8. The standard InChI is InChI=1S/C16H19N3O4S/c1-22-14-8-3-11(9-15(14)23-2)10-19-24(20,21)13-6-4-12(5-7-13)16(17)18/h3-9,19H,10H2,1-2H3,(H3,17,18). The second kappa shape index (κ2) is 7.33. The Morgan fingerprint density at radius 3 is 2.25 bits per heavy atom. The SMILES string of the molecule is COc1ccc(CNS(=O)(=O)c2ccc(C(=N)N)cc2)cc1OC.